The third-order valence-electron chi connectivity index (χ3n) is 4.47. The minimum Gasteiger partial charge on any atom is -0.481 e. The largest absolute Gasteiger partial charge is 0.481 e. The number of aliphatic carboxylic acids is 1. The van der Waals surface area contributed by atoms with Gasteiger partial charge in [0.15, 0.2) is 11.6 Å². The Morgan fingerprint density at radius 1 is 1.08 bits per heavy atom. The molecule has 0 spiro atoms. The van der Waals surface area contributed by atoms with Crippen molar-refractivity contribution in [3.8, 4) is 0 Å². The average molecular weight is 361 g/mol. The van der Waals surface area contributed by atoms with Crippen LogP contribution in [0.5, 0.6) is 0 Å². The molecule has 1 fully saturated rings. The summed E-state index contributed by atoms with van der Waals surface area (Å²) in [6, 6.07) is 12.4. The van der Waals surface area contributed by atoms with Crippen molar-refractivity contribution in [3.63, 3.8) is 0 Å². The average Bonchev–Trinajstić information content (AvgIpc) is 3.09. The Balaban J connectivity index is 1.71. The summed E-state index contributed by atoms with van der Waals surface area (Å²) in [6.07, 6.45) is -0.634. The number of hydrogen-bond donors (Lipinski definition) is 1. The quantitative estimate of drug-likeness (QED) is 0.906. The molecule has 1 heterocycles. The lowest BCUT2D eigenvalue weighted by atomic mass is 9.89. The molecule has 1 aliphatic heterocycles. The maximum atomic E-state index is 13.5. The predicted octanol–water partition coefficient (Wildman–Crippen LogP) is 3.40. The topological polar surface area (TPSA) is 66.8 Å². The fourth-order valence-electron chi connectivity index (χ4n) is 3.09. The molecule has 0 aliphatic carbocycles. The molecule has 0 bridgehead atoms. The van der Waals surface area contributed by atoms with E-state index in [2.05, 4.69) is 0 Å². The summed E-state index contributed by atoms with van der Waals surface area (Å²) in [6.45, 7) is 0.0893. The SMILES string of the molecule is O=C(O)C1CN(C(=O)OCc2ccccc2)CC1c1ccc(F)c(F)c1. The Hall–Kier alpha value is -2.96. The van der Waals surface area contributed by atoms with Gasteiger partial charge in [-0.1, -0.05) is 36.4 Å². The fraction of sp³-hybridized carbons (Fsp3) is 0.263. The molecular formula is C19H17F2NO4. The molecule has 26 heavy (non-hydrogen) atoms. The molecule has 2 aromatic rings. The van der Waals surface area contributed by atoms with Gasteiger partial charge in [-0.3, -0.25) is 4.79 Å². The fourth-order valence-corrected chi connectivity index (χ4v) is 3.09. The van der Waals surface area contributed by atoms with Crippen LogP contribution in [0.25, 0.3) is 0 Å². The zero-order chi connectivity index (χ0) is 18.7. The van der Waals surface area contributed by atoms with Crippen molar-refractivity contribution in [1.82, 2.24) is 4.90 Å². The monoisotopic (exact) mass is 361 g/mol. The van der Waals surface area contributed by atoms with Crippen LogP contribution >= 0.6 is 0 Å². The first-order chi connectivity index (χ1) is 12.5. The molecular weight excluding hydrogens is 344 g/mol. The van der Waals surface area contributed by atoms with E-state index >= 15 is 0 Å². The normalized spacial score (nSPS) is 19.4. The lowest BCUT2D eigenvalue weighted by Crippen LogP contribution is -2.30. The number of halogens is 2. The van der Waals surface area contributed by atoms with E-state index in [-0.39, 0.29) is 19.7 Å². The second-order valence-electron chi connectivity index (χ2n) is 6.17. The number of rotatable bonds is 4. The Morgan fingerprint density at radius 3 is 2.46 bits per heavy atom. The highest BCUT2D eigenvalue weighted by atomic mass is 19.2. The number of carboxylic acid groups (broad SMARTS) is 1. The molecule has 136 valence electrons. The van der Waals surface area contributed by atoms with Crippen LogP contribution in [-0.2, 0) is 16.1 Å². The number of likely N-dealkylation sites (tertiary alicyclic amines) is 1. The van der Waals surface area contributed by atoms with Crippen LogP contribution < -0.4 is 0 Å². The van der Waals surface area contributed by atoms with Crippen molar-refractivity contribution in [2.24, 2.45) is 5.92 Å². The Labute approximate surface area is 148 Å². The Bertz CT molecular complexity index is 812. The number of benzene rings is 2. The number of ether oxygens (including phenoxy) is 1. The first-order valence-corrected chi connectivity index (χ1v) is 8.09. The molecule has 0 saturated carbocycles. The van der Waals surface area contributed by atoms with Gasteiger partial charge in [-0.15, -0.1) is 0 Å². The van der Waals surface area contributed by atoms with Gasteiger partial charge in [-0.05, 0) is 23.3 Å². The zero-order valence-corrected chi connectivity index (χ0v) is 13.8. The van der Waals surface area contributed by atoms with E-state index in [1.54, 1.807) is 12.1 Å². The number of amides is 1. The molecule has 0 aromatic heterocycles. The molecule has 3 rings (SSSR count). The van der Waals surface area contributed by atoms with Crippen LogP contribution in [0.15, 0.2) is 48.5 Å². The third kappa shape index (κ3) is 3.82. The second-order valence-corrected chi connectivity index (χ2v) is 6.17. The van der Waals surface area contributed by atoms with E-state index in [1.807, 2.05) is 18.2 Å². The van der Waals surface area contributed by atoms with Gasteiger partial charge in [0.1, 0.15) is 6.61 Å². The van der Waals surface area contributed by atoms with Gasteiger partial charge in [0.05, 0.1) is 5.92 Å². The minimum absolute atomic E-state index is 0.0490. The maximum absolute atomic E-state index is 13.5. The van der Waals surface area contributed by atoms with Gasteiger partial charge in [-0.2, -0.15) is 0 Å². The first-order valence-electron chi connectivity index (χ1n) is 8.09. The van der Waals surface area contributed by atoms with E-state index in [4.69, 9.17) is 4.74 Å². The van der Waals surface area contributed by atoms with Crippen molar-refractivity contribution in [2.75, 3.05) is 13.1 Å². The van der Waals surface area contributed by atoms with Crippen molar-refractivity contribution >= 4 is 12.1 Å². The first kappa shape index (κ1) is 17.8. The summed E-state index contributed by atoms with van der Waals surface area (Å²) in [5.74, 6) is -4.69. The highest BCUT2D eigenvalue weighted by Gasteiger charge is 2.41. The van der Waals surface area contributed by atoms with Crippen LogP contribution in [0, 0.1) is 17.6 Å². The third-order valence-corrected chi connectivity index (χ3v) is 4.47. The van der Waals surface area contributed by atoms with E-state index in [9.17, 15) is 23.5 Å². The molecule has 2 atom stereocenters. The van der Waals surface area contributed by atoms with Gasteiger partial charge in [0.25, 0.3) is 0 Å². The number of hydrogen-bond acceptors (Lipinski definition) is 3. The molecule has 7 heteroatoms. The summed E-state index contributed by atoms with van der Waals surface area (Å²) in [7, 11) is 0. The summed E-state index contributed by atoms with van der Waals surface area (Å²) in [5, 5.41) is 9.43. The Kier molecular flexibility index (Phi) is 5.16. The van der Waals surface area contributed by atoms with Crippen LogP contribution in [0.3, 0.4) is 0 Å². The van der Waals surface area contributed by atoms with Crippen molar-refractivity contribution in [2.45, 2.75) is 12.5 Å². The van der Waals surface area contributed by atoms with Gasteiger partial charge in [0.2, 0.25) is 0 Å². The van der Waals surface area contributed by atoms with E-state index in [0.29, 0.717) is 5.56 Å². The maximum Gasteiger partial charge on any atom is 0.410 e. The molecule has 0 radical (unpaired) electrons. The molecule has 2 unspecified atom stereocenters. The number of carbonyl (C=O) groups is 2. The second kappa shape index (κ2) is 7.51. The highest BCUT2D eigenvalue weighted by Crippen LogP contribution is 2.34. The van der Waals surface area contributed by atoms with E-state index in [1.165, 1.54) is 11.0 Å². The van der Waals surface area contributed by atoms with Crippen LogP contribution in [0.2, 0.25) is 0 Å². The Morgan fingerprint density at radius 2 is 1.81 bits per heavy atom. The molecule has 1 amide bonds. The van der Waals surface area contributed by atoms with Gasteiger partial charge in [0, 0.05) is 19.0 Å². The van der Waals surface area contributed by atoms with E-state index in [0.717, 1.165) is 17.7 Å². The predicted molar refractivity (Wildman–Crippen MR) is 88.4 cm³/mol. The molecule has 1 aliphatic rings. The van der Waals surface area contributed by atoms with Crippen LogP contribution in [0.1, 0.15) is 17.0 Å². The summed E-state index contributed by atoms with van der Waals surface area (Å²) < 4.78 is 31.9. The minimum atomic E-state index is -1.10. The summed E-state index contributed by atoms with van der Waals surface area (Å²) in [4.78, 5) is 25.1. The number of carbonyl (C=O) groups excluding carboxylic acids is 1. The molecule has 2 aromatic carbocycles. The standard InChI is InChI=1S/C19H17F2NO4/c20-16-7-6-13(8-17(16)21)14-9-22(10-15(14)18(23)24)19(25)26-11-12-4-2-1-3-5-12/h1-8,14-15H,9-11H2,(H,23,24). The van der Waals surface area contributed by atoms with Crippen molar-refractivity contribution < 1.29 is 28.2 Å². The number of nitrogens with zero attached hydrogens (tertiary/aromatic N) is 1. The van der Waals surface area contributed by atoms with Gasteiger partial charge in [-0.25, -0.2) is 13.6 Å². The van der Waals surface area contributed by atoms with Crippen molar-refractivity contribution in [3.05, 3.63) is 71.3 Å². The highest BCUT2D eigenvalue weighted by molar-refractivity contribution is 5.75. The lowest BCUT2D eigenvalue weighted by molar-refractivity contribution is -0.141. The zero-order valence-electron chi connectivity index (χ0n) is 13.8. The van der Waals surface area contributed by atoms with Crippen LogP contribution in [-0.4, -0.2) is 35.2 Å². The summed E-state index contributed by atoms with van der Waals surface area (Å²) >= 11 is 0. The van der Waals surface area contributed by atoms with Crippen molar-refractivity contribution in [1.29, 1.82) is 0 Å². The smallest absolute Gasteiger partial charge is 0.410 e. The van der Waals surface area contributed by atoms with Gasteiger partial charge < -0.3 is 14.7 Å². The van der Waals surface area contributed by atoms with Gasteiger partial charge >= 0.3 is 12.1 Å². The molecule has 1 N–H and O–H groups in total. The molecule has 5 nitrogen and oxygen atoms in total. The number of carboxylic acids is 1. The van der Waals surface area contributed by atoms with E-state index < -0.39 is 35.5 Å². The van der Waals surface area contributed by atoms with Crippen LogP contribution in [0.4, 0.5) is 13.6 Å². The summed E-state index contributed by atoms with van der Waals surface area (Å²) in [5.41, 5.74) is 1.15. The molecule has 1 saturated heterocycles. The lowest BCUT2D eigenvalue weighted by Gasteiger charge is -2.16.